The maximum absolute atomic E-state index is 12.9. The third-order valence-electron chi connectivity index (χ3n) is 6.40. The van der Waals surface area contributed by atoms with E-state index in [9.17, 15) is 4.79 Å². The highest BCUT2D eigenvalue weighted by atomic mass is 16.2. The summed E-state index contributed by atoms with van der Waals surface area (Å²) in [6.45, 7) is 2.90. The Morgan fingerprint density at radius 1 is 1.07 bits per heavy atom. The standard InChI is InChI=1S/C23H25N3O/c1-25-22(27)21(20-5-3-2-4-6-20)15-23(25)11-13-26(14-12-23)17-19-9-7-18(16-24)8-10-19/h2-10,21H,11-15,17H2,1H3. The van der Waals surface area contributed by atoms with E-state index >= 15 is 0 Å². The molecule has 2 saturated heterocycles. The van der Waals surface area contributed by atoms with Crippen LogP contribution in [0.3, 0.4) is 0 Å². The molecule has 0 radical (unpaired) electrons. The molecule has 2 aliphatic rings. The number of likely N-dealkylation sites (N-methyl/N-ethyl adjacent to an activating group) is 1. The van der Waals surface area contributed by atoms with Crippen LogP contribution in [-0.4, -0.2) is 41.4 Å². The van der Waals surface area contributed by atoms with Crippen molar-refractivity contribution in [2.45, 2.75) is 37.3 Å². The van der Waals surface area contributed by atoms with Crippen molar-refractivity contribution < 1.29 is 4.79 Å². The molecular formula is C23H25N3O. The highest BCUT2D eigenvalue weighted by Gasteiger charge is 2.50. The van der Waals surface area contributed by atoms with E-state index in [4.69, 9.17) is 5.26 Å². The first-order valence-corrected chi connectivity index (χ1v) is 9.65. The highest BCUT2D eigenvalue weighted by molar-refractivity contribution is 5.87. The molecule has 2 fully saturated rings. The summed E-state index contributed by atoms with van der Waals surface area (Å²) < 4.78 is 0. The molecule has 0 aromatic heterocycles. The quantitative estimate of drug-likeness (QED) is 0.842. The minimum Gasteiger partial charge on any atom is -0.339 e. The predicted octanol–water partition coefficient (Wildman–Crippen LogP) is 3.54. The van der Waals surface area contributed by atoms with Gasteiger partial charge < -0.3 is 4.90 Å². The zero-order valence-electron chi connectivity index (χ0n) is 15.8. The van der Waals surface area contributed by atoms with Crippen LogP contribution in [0.25, 0.3) is 0 Å². The van der Waals surface area contributed by atoms with Gasteiger partial charge in [0.15, 0.2) is 0 Å². The van der Waals surface area contributed by atoms with Gasteiger partial charge in [0.2, 0.25) is 5.91 Å². The molecule has 0 bridgehead atoms. The summed E-state index contributed by atoms with van der Waals surface area (Å²) in [5.74, 6) is 0.267. The van der Waals surface area contributed by atoms with Crippen molar-refractivity contribution in [1.82, 2.24) is 9.80 Å². The molecule has 27 heavy (non-hydrogen) atoms. The topological polar surface area (TPSA) is 47.3 Å². The first kappa shape index (κ1) is 17.8. The molecule has 2 aromatic carbocycles. The Kier molecular flexibility index (Phi) is 4.72. The summed E-state index contributed by atoms with van der Waals surface area (Å²) in [6.07, 6.45) is 2.97. The molecule has 1 spiro atoms. The fraction of sp³-hybridized carbons (Fsp3) is 0.391. The predicted molar refractivity (Wildman–Crippen MR) is 105 cm³/mol. The van der Waals surface area contributed by atoms with E-state index < -0.39 is 0 Å². The number of carbonyl (C=O) groups excluding carboxylic acids is 1. The number of hydrogen-bond donors (Lipinski definition) is 0. The number of piperidine rings is 1. The minimum atomic E-state index is -0.00123. The lowest BCUT2D eigenvalue weighted by Gasteiger charge is -2.43. The zero-order chi connectivity index (χ0) is 18.9. The third kappa shape index (κ3) is 3.36. The van der Waals surface area contributed by atoms with Gasteiger partial charge in [0, 0.05) is 32.2 Å². The van der Waals surface area contributed by atoms with E-state index in [2.05, 4.69) is 23.1 Å². The molecular weight excluding hydrogens is 334 g/mol. The van der Waals surface area contributed by atoms with Crippen LogP contribution >= 0.6 is 0 Å². The Morgan fingerprint density at radius 3 is 2.37 bits per heavy atom. The van der Waals surface area contributed by atoms with Gasteiger partial charge in [0.1, 0.15) is 0 Å². The third-order valence-corrected chi connectivity index (χ3v) is 6.40. The molecule has 138 valence electrons. The van der Waals surface area contributed by atoms with Gasteiger partial charge in [-0.1, -0.05) is 42.5 Å². The maximum atomic E-state index is 12.9. The largest absolute Gasteiger partial charge is 0.339 e. The molecule has 4 rings (SSSR count). The minimum absolute atomic E-state index is 0.00118. The Balaban J connectivity index is 1.42. The fourth-order valence-corrected chi connectivity index (χ4v) is 4.63. The summed E-state index contributed by atoms with van der Waals surface area (Å²) in [5, 5.41) is 8.93. The van der Waals surface area contributed by atoms with Crippen LogP contribution in [-0.2, 0) is 11.3 Å². The van der Waals surface area contributed by atoms with Gasteiger partial charge in [-0.3, -0.25) is 9.69 Å². The molecule has 1 atom stereocenters. The van der Waals surface area contributed by atoms with Gasteiger partial charge in [0.05, 0.1) is 17.6 Å². The van der Waals surface area contributed by atoms with Gasteiger partial charge in [-0.2, -0.15) is 5.26 Å². The summed E-state index contributed by atoms with van der Waals surface area (Å²) in [4.78, 5) is 17.4. The van der Waals surface area contributed by atoms with E-state index in [-0.39, 0.29) is 17.4 Å². The number of carbonyl (C=O) groups is 1. The second kappa shape index (κ2) is 7.17. The van der Waals surface area contributed by atoms with Crippen molar-refractivity contribution in [2.75, 3.05) is 20.1 Å². The van der Waals surface area contributed by atoms with Crippen LogP contribution in [0.15, 0.2) is 54.6 Å². The van der Waals surface area contributed by atoms with Crippen LogP contribution in [0, 0.1) is 11.3 Å². The molecule has 4 nitrogen and oxygen atoms in total. The van der Waals surface area contributed by atoms with Crippen LogP contribution in [0.2, 0.25) is 0 Å². The Hall–Kier alpha value is -2.64. The SMILES string of the molecule is CN1C(=O)C(c2ccccc2)CC12CCN(Cc1ccc(C#N)cc1)CC2. The van der Waals surface area contributed by atoms with Crippen molar-refractivity contribution in [3.05, 3.63) is 71.3 Å². The normalized spacial score (nSPS) is 22.1. The Bertz CT molecular complexity index is 845. The van der Waals surface area contributed by atoms with Crippen LogP contribution in [0.4, 0.5) is 0 Å². The fourth-order valence-electron chi connectivity index (χ4n) is 4.63. The van der Waals surface area contributed by atoms with Crippen molar-refractivity contribution in [3.8, 4) is 6.07 Å². The zero-order valence-corrected chi connectivity index (χ0v) is 15.8. The van der Waals surface area contributed by atoms with Crippen LogP contribution in [0.1, 0.15) is 41.9 Å². The van der Waals surface area contributed by atoms with E-state index in [1.165, 1.54) is 5.56 Å². The number of benzene rings is 2. The average Bonchev–Trinajstić information content (AvgIpc) is 2.96. The molecule has 2 aromatic rings. The smallest absolute Gasteiger partial charge is 0.230 e. The Morgan fingerprint density at radius 2 is 1.74 bits per heavy atom. The lowest BCUT2D eigenvalue weighted by molar-refractivity contribution is -0.131. The maximum Gasteiger partial charge on any atom is 0.230 e. The molecule has 1 unspecified atom stereocenters. The summed E-state index contributed by atoms with van der Waals surface area (Å²) in [5.41, 5.74) is 3.09. The summed E-state index contributed by atoms with van der Waals surface area (Å²) in [6, 6.07) is 20.2. The van der Waals surface area contributed by atoms with Crippen molar-refractivity contribution in [1.29, 1.82) is 5.26 Å². The van der Waals surface area contributed by atoms with Crippen LogP contribution < -0.4 is 0 Å². The number of nitriles is 1. The first-order valence-electron chi connectivity index (χ1n) is 9.65. The van der Waals surface area contributed by atoms with Gasteiger partial charge in [-0.15, -0.1) is 0 Å². The number of hydrogen-bond acceptors (Lipinski definition) is 3. The Labute approximate surface area is 161 Å². The van der Waals surface area contributed by atoms with Gasteiger partial charge >= 0.3 is 0 Å². The first-order chi connectivity index (χ1) is 13.1. The van der Waals surface area contributed by atoms with Crippen LogP contribution in [0.5, 0.6) is 0 Å². The molecule has 2 heterocycles. The average molecular weight is 359 g/mol. The van der Waals surface area contributed by atoms with E-state index in [1.807, 2.05) is 54.4 Å². The number of amides is 1. The molecule has 2 aliphatic heterocycles. The van der Waals surface area contributed by atoms with E-state index in [0.29, 0.717) is 5.56 Å². The lowest BCUT2D eigenvalue weighted by Crippen LogP contribution is -2.51. The number of nitrogens with zero attached hydrogens (tertiary/aromatic N) is 3. The van der Waals surface area contributed by atoms with Gasteiger partial charge in [0.25, 0.3) is 0 Å². The molecule has 0 aliphatic carbocycles. The van der Waals surface area contributed by atoms with Crippen molar-refractivity contribution in [2.24, 2.45) is 0 Å². The molecule has 4 heteroatoms. The summed E-state index contributed by atoms with van der Waals surface area (Å²) >= 11 is 0. The second-order valence-electron chi connectivity index (χ2n) is 7.87. The van der Waals surface area contributed by atoms with Crippen molar-refractivity contribution in [3.63, 3.8) is 0 Å². The van der Waals surface area contributed by atoms with Gasteiger partial charge in [-0.05, 0) is 42.5 Å². The monoisotopic (exact) mass is 359 g/mol. The second-order valence-corrected chi connectivity index (χ2v) is 7.87. The van der Waals surface area contributed by atoms with Gasteiger partial charge in [-0.25, -0.2) is 0 Å². The molecule has 0 N–H and O–H groups in total. The van der Waals surface area contributed by atoms with E-state index in [1.54, 1.807) is 0 Å². The summed E-state index contributed by atoms with van der Waals surface area (Å²) in [7, 11) is 1.99. The molecule has 0 saturated carbocycles. The lowest BCUT2D eigenvalue weighted by atomic mass is 9.81. The molecule has 1 amide bonds. The number of rotatable bonds is 3. The number of likely N-dealkylation sites (tertiary alicyclic amines) is 2. The van der Waals surface area contributed by atoms with Crippen molar-refractivity contribution >= 4 is 5.91 Å². The van der Waals surface area contributed by atoms with E-state index in [0.717, 1.165) is 44.5 Å². The highest BCUT2D eigenvalue weighted by Crippen LogP contribution is 2.44.